The van der Waals surface area contributed by atoms with Gasteiger partial charge in [0.25, 0.3) is 0 Å². The van der Waals surface area contributed by atoms with Crippen LogP contribution in [0.5, 0.6) is 0 Å². The first-order valence-electron chi connectivity index (χ1n) is 6.27. The molecule has 0 spiro atoms. The summed E-state index contributed by atoms with van der Waals surface area (Å²) in [7, 11) is 0. The van der Waals surface area contributed by atoms with Crippen molar-refractivity contribution in [3.05, 3.63) is 77.8 Å². The minimum absolute atomic E-state index is 0.0587. The van der Waals surface area contributed by atoms with Crippen LogP contribution in [0.4, 0.5) is 0 Å². The molecule has 2 heterocycles. The van der Waals surface area contributed by atoms with E-state index in [2.05, 4.69) is 22.0 Å². The predicted octanol–water partition coefficient (Wildman–Crippen LogP) is 2.79. The number of hydrogen-bond donors (Lipinski definition) is 0. The first-order chi connectivity index (χ1) is 9.33. The Morgan fingerprint density at radius 1 is 1.05 bits per heavy atom. The zero-order chi connectivity index (χ0) is 13.1. The average molecular weight is 250 g/mol. The van der Waals surface area contributed by atoms with Crippen molar-refractivity contribution in [1.29, 1.82) is 0 Å². The van der Waals surface area contributed by atoms with E-state index in [9.17, 15) is 4.79 Å². The van der Waals surface area contributed by atoms with E-state index in [4.69, 9.17) is 0 Å². The molecule has 3 heteroatoms. The van der Waals surface area contributed by atoms with Crippen molar-refractivity contribution in [3.8, 4) is 0 Å². The van der Waals surface area contributed by atoms with E-state index < -0.39 is 0 Å². The van der Waals surface area contributed by atoms with E-state index in [1.54, 1.807) is 24.4 Å². The number of benzene rings is 1. The SMILES string of the molecule is O=C(/C=C/N1Cc2ccccc2C1)c1ccccn1. The number of nitrogens with zero attached hydrogens (tertiary/aromatic N) is 2. The van der Waals surface area contributed by atoms with Gasteiger partial charge >= 0.3 is 0 Å². The summed E-state index contributed by atoms with van der Waals surface area (Å²) >= 11 is 0. The van der Waals surface area contributed by atoms with Crippen LogP contribution in [-0.4, -0.2) is 15.7 Å². The van der Waals surface area contributed by atoms with Crippen LogP contribution < -0.4 is 0 Å². The van der Waals surface area contributed by atoms with E-state index in [0.717, 1.165) is 13.1 Å². The van der Waals surface area contributed by atoms with Crippen molar-refractivity contribution in [2.75, 3.05) is 0 Å². The summed E-state index contributed by atoms with van der Waals surface area (Å²) in [4.78, 5) is 18.1. The molecule has 0 unspecified atom stereocenters. The van der Waals surface area contributed by atoms with Gasteiger partial charge in [0.05, 0.1) is 0 Å². The number of carbonyl (C=O) groups excluding carboxylic acids is 1. The third kappa shape index (κ3) is 2.55. The van der Waals surface area contributed by atoms with Crippen LogP contribution in [-0.2, 0) is 13.1 Å². The number of pyridine rings is 1. The van der Waals surface area contributed by atoms with Crippen molar-refractivity contribution in [2.45, 2.75) is 13.1 Å². The third-order valence-electron chi connectivity index (χ3n) is 3.22. The Hall–Kier alpha value is -2.42. The Morgan fingerprint density at radius 2 is 1.74 bits per heavy atom. The Morgan fingerprint density at radius 3 is 2.37 bits per heavy atom. The lowest BCUT2D eigenvalue weighted by Crippen LogP contribution is -2.08. The highest BCUT2D eigenvalue weighted by Crippen LogP contribution is 2.22. The van der Waals surface area contributed by atoms with Crippen LogP contribution in [0.2, 0.25) is 0 Å². The van der Waals surface area contributed by atoms with Crippen molar-refractivity contribution in [1.82, 2.24) is 9.88 Å². The van der Waals surface area contributed by atoms with Crippen LogP contribution in [0.15, 0.2) is 60.9 Å². The molecule has 0 N–H and O–H groups in total. The summed E-state index contributed by atoms with van der Waals surface area (Å²) in [6, 6.07) is 13.7. The van der Waals surface area contributed by atoms with Gasteiger partial charge in [-0.05, 0) is 23.3 Å². The molecule has 0 saturated heterocycles. The van der Waals surface area contributed by atoms with Crippen LogP contribution >= 0.6 is 0 Å². The molecule has 0 radical (unpaired) electrons. The maximum Gasteiger partial charge on any atom is 0.205 e. The molecule has 0 saturated carbocycles. The fourth-order valence-electron chi connectivity index (χ4n) is 2.23. The molecule has 19 heavy (non-hydrogen) atoms. The summed E-state index contributed by atoms with van der Waals surface area (Å²) in [5.74, 6) is -0.0587. The first kappa shape index (κ1) is 11.7. The lowest BCUT2D eigenvalue weighted by Gasteiger charge is -2.10. The molecule has 0 aliphatic carbocycles. The smallest absolute Gasteiger partial charge is 0.205 e. The van der Waals surface area contributed by atoms with Gasteiger partial charge in [0.2, 0.25) is 5.78 Å². The maximum atomic E-state index is 11.9. The number of fused-ring (bicyclic) bond motifs is 1. The monoisotopic (exact) mass is 250 g/mol. The molecule has 0 fully saturated rings. The molecule has 1 aliphatic rings. The minimum Gasteiger partial charge on any atom is -0.369 e. The Bertz CT molecular complexity index is 595. The second-order valence-corrected chi connectivity index (χ2v) is 4.57. The number of aromatic nitrogens is 1. The Balaban J connectivity index is 1.68. The number of hydrogen-bond acceptors (Lipinski definition) is 3. The lowest BCUT2D eigenvalue weighted by atomic mass is 10.1. The molecular weight excluding hydrogens is 236 g/mol. The summed E-state index contributed by atoms with van der Waals surface area (Å²) in [5, 5.41) is 0. The van der Waals surface area contributed by atoms with E-state index in [1.165, 1.54) is 11.1 Å². The summed E-state index contributed by atoms with van der Waals surface area (Å²) < 4.78 is 0. The molecule has 0 bridgehead atoms. The van der Waals surface area contributed by atoms with Crippen LogP contribution in [0, 0.1) is 0 Å². The fraction of sp³-hybridized carbons (Fsp3) is 0.125. The molecular formula is C16H14N2O. The first-order valence-corrected chi connectivity index (χ1v) is 6.27. The largest absolute Gasteiger partial charge is 0.369 e. The van der Waals surface area contributed by atoms with Gasteiger partial charge in [-0.1, -0.05) is 30.3 Å². The normalized spacial score (nSPS) is 13.8. The van der Waals surface area contributed by atoms with E-state index in [1.807, 2.05) is 24.4 Å². The molecule has 0 atom stereocenters. The summed E-state index contributed by atoms with van der Waals surface area (Å²) in [5.41, 5.74) is 3.14. The Kier molecular flexibility index (Phi) is 3.11. The molecule has 94 valence electrons. The average Bonchev–Trinajstić information content (AvgIpc) is 2.88. The van der Waals surface area contributed by atoms with Gasteiger partial charge in [0, 0.05) is 31.6 Å². The molecule has 0 amide bonds. The molecule has 3 rings (SSSR count). The highest BCUT2D eigenvalue weighted by atomic mass is 16.1. The highest BCUT2D eigenvalue weighted by molar-refractivity contribution is 6.02. The standard InChI is InChI=1S/C16H14N2O/c19-16(15-7-3-4-9-17-15)8-10-18-11-13-5-1-2-6-14(13)12-18/h1-10H,11-12H2/b10-8+. The molecule has 1 aliphatic heterocycles. The maximum absolute atomic E-state index is 11.9. The number of rotatable bonds is 3. The highest BCUT2D eigenvalue weighted by Gasteiger charge is 2.15. The van der Waals surface area contributed by atoms with Gasteiger partial charge in [0.1, 0.15) is 5.69 Å². The molecule has 1 aromatic carbocycles. The quantitative estimate of drug-likeness (QED) is 0.620. The number of ketones is 1. The van der Waals surface area contributed by atoms with Crippen LogP contribution in [0.3, 0.4) is 0 Å². The Labute approximate surface area is 112 Å². The summed E-state index contributed by atoms with van der Waals surface area (Å²) in [6.07, 6.45) is 5.08. The van der Waals surface area contributed by atoms with Gasteiger partial charge in [0.15, 0.2) is 0 Å². The van der Waals surface area contributed by atoms with Crippen molar-refractivity contribution < 1.29 is 4.79 Å². The predicted molar refractivity (Wildman–Crippen MR) is 73.4 cm³/mol. The van der Waals surface area contributed by atoms with E-state index >= 15 is 0 Å². The lowest BCUT2D eigenvalue weighted by molar-refractivity contribution is 0.104. The molecule has 1 aromatic heterocycles. The van der Waals surface area contributed by atoms with Crippen molar-refractivity contribution >= 4 is 5.78 Å². The second-order valence-electron chi connectivity index (χ2n) is 4.57. The van der Waals surface area contributed by atoms with Gasteiger partial charge in [-0.15, -0.1) is 0 Å². The second kappa shape index (κ2) is 5.06. The number of carbonyl (C=O) groups is 1. The minimum atomic E-state index is -0.0587. The van der Waals surface area contributed by atoms with Gasteiger partial charge < -0.3 is 4.90 Å². The third-order valence-corrected chi connectivity index (χ3v) is 3.22. The topological polar surface area (TPSA) is 33.2 Å². The fourth-order valence-corrected chi connectivity index (χ4v) is 2.23. The van der Waals surface area contributed by atoms with Crippen molar-refractivity contribution in [2.24, 2.45) is 0 Å². The zero-order valence-electron chi connectivity index (χ0n) is 10.5. The van der Waals surface area contributed by atoms with Gasteiger partial charge in [-0.25, -0.2) is 0 Å². The van der Waals surface area contributed by atoms with Gasteiger partial charge in [-0.3, -0.25) is 9.78 Å². The molecule has 3 nitrogen and oxygen atoms in total. The molecule has 2 aromatic rings. The zero-order valence-corrected chi connectivity index (χ0v) is 10.5. The summed E-state index contributed by atoms with van der Waals surface area (Å²) in [6.45, 7) is 1.73. The van der Waals surface area contributed by atoms with Crippen LogP contribution in [0.1, 0.15) is 21.6 Å². The number of allylic oxidation sites excluding steroid dienone is 1. The van der Waals surface area contributed by atoms with E-state index in [0.29, 0.717) is 5.69 Å². The van der Waals surface area contributed by atoms with E-state index in [-0.39, 0.29) is 5.78 Å². The van der Waals surface area contributed by atoms with Crippen molar-refractivity contribution in [3.63, 3.8) is 0 Å². The van der Waals surface area contributed by atoms with Gasteiger partial charge in [-0.2, -0.15) is 0 Å². The van der Waals surface area contributed by atoms with Crippen LogP contribution in [0.25, 0.3) is 0 Å².